The third-order valence-corrected chi connectivity index (χ3v) is 7.32. The van der Waals surface area contributed by atoms with Crippen LogP contribution < -0.4 is 5.32 Å². The van der Waals surface area contributed by atoms with Crippen molar-refractivity contribution in [3.8, 4) is 0 Å². The fourth-order valence-corrected chi connectivity index (χ4v) is 5.45. The van der Waals surface area contributed by atoms with Crippen molar-refractivity contribution in [1.82, 2.24) is 4.31 Å². The highest BCUT2D eigenvalue weighted by molar-refractivity contribution is 7.89. The standard InChI is InChI=1S/C20H22Cl2N2O3S/c1-13-10-14(2)19(18(22)11-13)23-20(25)15-4-3-9-24(12-15)28(26,27)17-7-5-16(21)6-8-17/h5-8,10-11,15H,3-4,9,12H2,1-2H3,(H,23,25)/t15-/m1/s1. The number of piperidine rings is 1. The Hall–Kier alpha value is -1.60. The fourth-order valence-electron chi connectivity index (χ4n) is 3.43. The molecule has 28 heavy (non-hydrogen) atoms. The van der Waals surface area contributed by atoms with Gasteiger partial charge in [0, 0.05) is 18.1 Å². The first-order valence-corrected chi connectivity index (χ1v) is 11.2. The molecule has 8 heteroatoms. The van der Waals surface area contributed by atoms with Crippen molar-refractivity contribution in [2.75, 3.05) is 18.4 Å². The van der Waals surface area contributed by atoms with Gasteiger partial charge in [0.15, 0.2) is 0 Å². The summed E-state index contributed by atoms with van der Waals surface area (Å²) in [4.78, 5) is 13.0. The average molecular weight is 441 g/mol. The van der Waals surface area contributed by atoms with E-state index in [2.05, 4.69) is 5.32 Å². The summed E-state index contributed by atoms with van der Waals surface area (Å²) in [5.41, 5.74) is 2.47. The van der Waals surface area contributed by atoms with Crippen LogP contribution in [0.5, 0.6) is 0 Å². The van der Waals surface area contributed by atoms with Crippen LogP contribution in [0.25, 0.3) is 0 Å². The third kappa shape index (κ3) is 4.51. The fraction of sp³-hybridized carbons (Fsp3) is 0.350. The first-order chi connectivity index (χ1) is 13.2. The molecule has 0 spiro atoms. The Kier molecular flexibility index (Phi) is 6.34. The van der Waals surface area contributed by atoms with Crippen LogP contribution >= 0.6 is 23.2 Å². The maximum Gasteiger partial charge on any atom is 0.243 e. The molecule has 2 aromatic carbocycles. The Morgan fingerprint density at radius 1 is 1.14 bits per heavy atom. The smallest absolute Gasteiger partial charge is 0.243 e. The lowest BCUT2D eigenvalue weighted by Crippen LogP contribution is -2.43. The molecule has 2 aromatic rings. The second kappa shape index (κ2) is 8.41. The molecule has 5 nitrogen and oxygen atoms in total. The van der Waals surface area contributed by atoms with Crippen molar-refractivity contribution in [3.05, 3.63) is 57.6 Å². The number of carbonyl (C=O) groups is 1. The molecule has 150 valence electrons. The van der Waals surface area contributed by atoms with Gasteiger partial charge in [0.25, 0.3) is 0 Å². The Balaban J connectivity index is 1.76. The molecule has 1 N–H and O–H groups in total. The van der Waals surface area contributed by atoms with Gasteiger partial charge in [-0.1, -0.05) is 29.3 Å². The second-order valence-corrected chi connectivity index (χ2v) is 9.87. The maximum absolute atomic E-state index is 12.9. The van der Waals surface area contributed by atoms with Gasteiger partial charge in [-0.15, -0.1) is 0 Å². The Bertz CT molecular complexity index is 968. The SMILES string of the molecule is Cc1cc(C)c(NC(=O)[C@@H]2CCCN(S(=O)(=O)c3ccc(Cl)cc3)C2)c(Cl)c1. The monoisotopic (exact) mass is 440 g/mol. The topological polar surface area (TPSA) is 66.5 Å². The van der Waals surface area contributed by atoms with Crippen molar-refractivity contribution < 1.29 is 13.2 Å². The minimum Gasteiger partial charge on any atom is -0.324 e. The van der Waals surface area contributed by atoms with E-state index in [1.807, 2.05) is 19.9 Å². The minimum absolute atomic E-state index is 0.138. The summed E-state index contributed by atoms with van der Waals surface area (Å²) >= 11 is 12.1. The second-order valence-electron chi connectivity index (χ2n) is 7.08. The van der Waals surface area contributed by atoms with Crippen LogP contribution in [0.1, 0.15) is 24.0 Å². The molecular weight excluding hydrogens is 419 g/mol. The lowest BCUT2D eigenvalue weighted by molar-refractivity contribution is -0.120. The van der Waals surface area contributed by atoms with Crippen LogP contribution in [0.3, 0.4) is 0 Å². The zero-order valence-electron chi connectivity index (χ0n) is 15.7. The highest BCUT2D eigenvalue weighted by Crippen LogP contribution is 2.30. The summed E-state index contributed by atoms with van der Waals surface area (Å²) in [5, 5.41) is 3.84. The number of aryl methyl sites for hydroxylation is 2. The highest BCUT2D eigenvalue weighted by atomic mass is 35.5. The predicted molar refractivity (Wildman–Crippen MR) is 112 cm³/mol. The molecule has 1 heterocycles. The van der Waals surface area contributed by atoms with Gasteiger partial charge in [-0.2, -0.15) is 4.31 Å². The van der Waals surface area contributed by atoms with Crippen LogP contribution in [-0.4, -0.2) is 31.7 Å². The summed E-state index contributed by atoms with van der Waals surface area (Å²) in [6.45, 7) is 4.34. The van der Waals surface area contributed by atoms with E-state index < -0.39 is 15.9 Å². The quantitative estimate of drug-likeness (QED) is 0.751. The number of carbonyl (C=O) groups excluding carboxylic acids is 1. The van der Waals surface area contributed by atoms with Crippen molar-refractivity contribution in [2.45, 2.75) is 31.6 Å². The minimum atomic E-state index is -3.67. The number of rotatable bonds is 4. The number of hydrogen-bond donors (Lipinski definition) is 1. The van der Waals surface area contributed by atoms with E-state index in [4.69, 9.17) is 23.2 Å². The molecule has 0 unspecified atom stereocenters. The Labute approximate surface area is 175 Å². The molecule has 1 fully saturated rings. The predicted octanol–water partition coefficient (Wildman–Crippen LogP) is 4.65. The molecule has 1 atom stereocenters. The number of nitrogens with zero attached hydrogens (tertiary/aromatic N) is 1. The van der Waals surface area contributed by atoms with Gasteiger partial charge < -0.3 is 5.32 Å². The largest absolute Gasteiger partial charge is 0.324 e. The Morgan fingerprint density at radius 2 is 1.82 bits per heavy atom. The van der Waals surface area contributed by atoms with Crippen molar-refractivity contribution in [3.63, 3.8) is 0 Å². The first-order valence-electron chi connectivity index (χ1n) is 9.02. The van der Waals surface area contributed by atoms with Gasteiger partial charge in [-0.3, -0.25) is 4.79 Å². The van der Waals surface area contributed by atoms with E-state index >= 15 is 0 Å². The molecule has 0 saturated carbocycles. The number of sulfonamides is 1. The van der Waals surface area contributed by atoms with Gasteiger partial charge in [0.1, 0.15) is 0 Å². The van der Waals surface area contributed by atoms with Gasteiger partial charge in [-0.05, 0) is 68.1 Å². The lowest BCUT2D eigenvalue weighted by atomic mass is 9.98. The number of nitrogens with one attached hydrogen (secondary N) is 1. The molecule has 1 saturated heterocycles. The Morgan fingerprint density at radius 3 is 2.46 bits per heavy atom. The summed E-state index contributed by atoms with van der Waals surface area (Å²) in [7, 11) is -3.67. The van der Waals surface area contributed by atoms with Crippen molar-refractivity contribution in [2.24, 2.45) is 5.92 Å². The molecule has 1 amide bonds. The van der Waals surface area contributed by atoms with Crippen LogP contribution in [0.2, 0.25) is 10.0 Å². The molecule has 1 aliphatic heterocycles. The molecule has 3 rings (SSSR count). The van der Waals surface area contributed by atoms with Crippen molar-refractivity contribution >= 4 is 44.8 Å². The molecule has 1 aliphatic rings. The molecule has 0 aliphatic carbocycles. The van der Waals surface area contributed by atoms with E-state index in [0.717, 1.165) is 11.1 Å². The maximum atomic E-state index is 12.9. The lowest BCUT2D eigenvalue weighted by Gasteiger charge is -2.31. The van der Waals surface area contributed by atoms with E-state index in [1.54, 1.807) is 18.2 Å². The summed E-state index contributed by atoms with van der Waals surface area (Å²) in [6.07, 6.45) is 1.24. The third-order valence-electron chi connectivity index (χ3n) is 4.89. The average Bonchev–Trinajstić information content (AvgIpc) is 2.65. The molecule has 0 radical (unpaired) electrons. The highest BCUT2D eigenvalue weighted by Gasteiger charge is 2.33. The van der Waals surface area contributed by atoms with Crippen LogP contribution in [0.15, 0.2) is 41.3 Å². The molecule has 0 bridgehead atoms. The van der Waals surface area contributed by atoms with E-state index in [9.17, 15) is 13.2 Å². The number of amides is 1. The van der Waals surface area contributed by atoms with Gasteiger partial charge in [0.2, 0.25) is 15.9 Å². The van der Waals surface area contributed by atoms with E-state index in [0.29, 0.717) is 35.1 Å². The van der Waals surface area contributed by atoms with E-state index in [1.165, 1.54) is 16.4 Å². The van der Waals surface area contributed by atoms with Crippen LogP contribution in [-0.2, 0) is 14.8 Å². The normalized spacial score (nSPS) is 18.1. The number of benzene rings is 2. The number of hydrogen-bond acceptors (Lipinski definition) is 3. The molecular formula is C20H22Cl2N2O3S. The van der Waals surface area contributed by atoms with Crippen LogP contribution in [0.4, 0.5) is 5.69 Å². The summed E-state index contributed by atoms with van der Waals surface area (Å²) < 4.78 is 27.2. The van der Waals surface area contributed by atoms with Gasteiger partial charge in [-0.25, -0.2) is 8.42 Å². The zero-order chi connectivity index (χ0) is 20.5. The number of halogens is 2. The first kappa shape index (κ1) is 21.1. The number of anilines is 1. The summed E-state index contributed by atoms with van der Waals surface area (Å²) in [6, 6.07) is 9.80. The van der Waals surface area contributed by atoms with Crippen LogP contribution in [0, 0.1) is 19.8 Å². The molecule has 0 aromatic heterocycles. The van der Waals surface area contributed by atoms with Gasteiger partial charge in [0.05, 0.1) is 21.5 Å². The zero-order valence-corrected chi connectivity index (χ0v) is 18.0. The van der Waals surface area contributed by atoms with Gasteiger partial charge >= 0.3 is 0 Å². The van der Waals surface area contributed by atoms with Crippen molar-refractivity contribution in [1.29, 1.82) is 0 Å². The summed E-state index contributed by atoms with van der Waals surface area (Å²) in [5.74, 6) is -0.655. The van der Waals surface area contributed by atoms with E-state index in [-0.39, 0.29) is 17.3 Å².